The van der Waals surface area contributed by atoms with Crippen LogP contribution < -0.4 is 10.2 Å². The number of nitrogens with zero attached hydrogens (tertiary/aromatic N) is 1. The molecule has 86 valence electrons. The van der Waals surface area contributed by atoms with Crippen molar-refractivity contribution in [2.75, 3.05) is 30.4 Å². The van der Waals surface area contributed by atoms with Crippen molar-refractivity contribution in [2.45, 2.75) is 12.8 Å². The van der Waals surface area contributed by atoms with Crippen molar-refractivity contribution >= 4 is 17.3 Å². The summed E-state index contributed by atoms with van der Waals surface area (Å²) < 4.78 is 0. The summed E-state index contributed by atoms with van der Waals surface area (Å²) in [5.41, 5.74) is 3.07. The first kappa shape index (κ1) is 11.0. The molecule has 2 rings (SSSR count). The van der Waals surface area contributed by atoms with Crippen molar-refractivity contribution < 1.29 is 9.90 Å². The normalized spacial score (nSPS) is 14.1. The van der Waals surface area contributed by atoms with Gasteiger partial charge in [-0.15, -0.1) is 0 Å². The average Bonchev–Trinajstić information content (AvgIpc) is 2.61. The van der Waals surface area contributed by atoms with Gasteiger partial charge in [-0.25, -0.2) is 0 Å². The summed E-state index contributed by atoms with van der Waals surface area (Å²) in [7, 11) is 1.86. The van der Waals surface area contributed by atoms with Gasteiger partial charge in [0.15, 0.2) is 0 Å². The highest BCUT2D eigenvalue weighted by molar-refractivity contribution is 6.01. The molecule has 1 aliphatic heterocycles. The van der Waals surface area contributed by atoms with Gasteiger partial charge in [-0.1, -0.05) is 0 Å². The lowest BCUT2D eigenvalue weighted by Crippen LogP contribution is -2.28. The summed E-state index contributed by atoms with van der Waals surface area (Å²) in [4.78, 5) is 13.5. The van der Waals surface area contributed by atoms with Crippen LogP contribution in [0.1, 0.15) is 12.0 Å². The number of amides is 1. The fraction of sp³-hybridized carbons (Fsp3) is 0.417. The Morgan fingerprint density at radius 1 is 1.50 bits per heavy atom. The van der Waals surface area contributed by atoms with Crippen LogP contribution in [0.25, 0.3) is 0 Å². The number of fused-ring (bicyclic) bond motifs is 1. The van der Waals surface area contributed by atoms with E-state index in [0.717, 1.165) is 16.9 Å². The van der Waals surface area contributed by atoms with Crippen LogP contribution in [-0.4, -0.2) is 31.2 Å². The van der Waals surface area contributed by atoms with Gasteiger partial charge in [0.05, 0.1) is 6.42 Å². The highest BCUT2D eigenvalue weighted by atomic mass is 16.3. The van der Waals surface area contributed by atoms with Gasteiger partial charge in [0.25, 0.3) is 0 Å². The van der Waals surface area contributed by atoms with Crippen molar-refractivity contribution in [3.8, 4) is 0 Å². The topological polar surface area (TPSA) is 52.6 Å². The molecule has 4 nitrogen and oxygen atoms in total. The Morgan fingerprint density at radius 3 is 3.00 bits per heavy atom. The van der Waals surface area contributed by atoms with Crippen molar-refractivity contribution in [1.29, 1.82) is 0 Å². The number of rotatable bonds is 4. The van der Waals surface area contributed by atoms with Crippen LogP contribution >= 0.6 is 0 Å². The molecule has 0 fully saturated rings. The quantitative estimate of drug-likeness (QED) is 0.796. The summed E-state index contributed by atoms with van der Waals surface area (Å²) in [5, 5.41) is 11.9. The predicted molar refractivity (Wildman–Crippen MR) is 63.7 cm³/mol. The number of carbonyl (C=O) groups is 1. The number of benzene rings is 1. The number of carbonyl (C=O) groups excluding carboxylic acids is 1. The van der Waals surface area contributed by atoms with Crippen molar-refractivity contribution in [3.63, 3.8) is 0 Å². The molecule has 0 aliphatic carbocycles. The third kappa shape index (κ3) is 1.88. The van der Waals surface area contributed by atoms with Crippen LogP contribution in [-0.2, 0) is 11.2 Å². The lowest BCUT2D eigenvalue weighted by Gasteiger charge is -2.16. The van der Waals surface area contributed by atoms with E-state index >= 15 is 0 Å². The van der Waals surface area contributed by atoms with Crippen LogP contribution in [0.5, 0.6) is 0 Å². The monoisotopic (exact) mass is 220 g/mol. The van der Waals surface area contributed by atoms with Gasteiger partial charge in [0.1, 0.15) is 0 Å². The Labute approximate surface area is 94.9 Å². The van der Waals surface area contributed by atoms with Crippen molar-refractivity contribution in [3.05, 3.63) is 23.8 Å². The van der Waals surface area contributed by atoms with Gasteiger partial charge in [-0.2, -0.15) is 0 Å². The van der Waals surface area contributed by atoms with E-state index in [1.54, 1.807) is 4.90 Å². The summed E-state index contributed by atoms with van der Waals surface area (Å²) in [6.07, 6.45) is 1.09. The first-order valence-electron chi connectivity index (χ1n) is 5.48. The van der Waals surface area contributed by atoms with Gasteiger partial charge < -0.3 is 15.3 Å². The number of hydrogen-bond acceptors (Lipinski definition) is 3. The molecule has 0 unspecified atom stereocenters. The standard InChI is InChI=1S/C12H16N2O2/c1-13-10-3-4-11-9(7-10)8-12(16)14(11)5-2-6-15/h3-4,7,13,15H,2,5-6,8H2,1H3. The molecule has 4 heteroatoms. The molecule has 1 amide bonds. The number of aliphatic hydroxyl groups excluding tert-OH is 1. The maximum absolute atomic E-state index is 11.8. The molecule has 0 spiro atoms. The molecular formula is C12H16N2O2. The number of aliphatic hydroxyl groups is 1. The lowest BCUT2D eigenvalue weighted by molar-refractivity contribution is -0.117. The van der Waals surface area contributed by atoms with E-state index in [1.165, 1.54) is 0 Å². The summed E-state index contributed by atoms with van der Waals surface area (Å²) >= 11 is 0. The van der Waals surface area contributed by atoms with Gasteiger partial charge >= 0.3 is 0 Å². The van der Waals surface area contributed by atoms with Crippen LogP contribution in [0.3, 0.4) is 0 Å². The fourth-order valence-corrected chi connectivity index (χ4v) is 2.01. The van der Waals surface area contributed by atoms with E-state index in [9.17, 15) is 4.79 Å². The Hall–Kier alpha value is -1.55. The summed E-state index contributed by atoms with van der Waals surface area (Å²) in [6.45, 7) is 0.717. The van der Waals surface area contributed by atoms with Crippen LogP contribution in [0.4, 0.5) is 11.4 Å². The zero-order chi connectivity index (χ0) is 11.5. The van der Waals surface area contributed by atoms with Gasteiger partial charge in [-0.05, 0) is 30.2 Å². The van der Waals surface area contributed by atoms with Crippen LogP contribution in [0.15, 0.2) is 18.2 Å². The number of hydrogen-bond donors (Lipinski definition) is 2. The summed E-state index contributed by atoms with van der Waals surface area (Å²) in [6, 6.07) is 5.93. The van der Waals surface area contributed by atoms with Crippen molar-refractivity contribution in [1.82, 2.24) is 0 Å². The Morgan fingerprint density at radius 2 is 2.31 bits per heavy atom. The van der Waals surface area contributed by atoms with E-state index in [4.69, 9.17) is 5.11 Å². The minimum Gasteiger partial charge on any atom is -0.396 e. The second-order valence-electron chi connectivity index (χ2n) is 3.89. The third-order valence-corrected chi connectivity index (χ3v) is 2.84. The van der Waals surface area contributed by atoms with E-state index < -0.39 is 0 Å². The average molecular weight is 220 g/mol. The lowest BCUT2D eigenvalue weighted by atomic mass is 10.1. The first-order chi connectivity index (χ1) is 7.76. The van der Waals surface area contributed by atoms with Gasteiger partial charge in [0, 0.05) is 31.6 Å². The first-order valence-corrected chi connectivity index (χ1v) is 5.48. The fourth-order valence-electron chi connectivity index (χ4n) is 2.01. The molecule has 0 saturated heterocycles. The van der Waals surface area contributed by atoms with Gasteiger partial charge in [0.2, 0.25) is 5.91 Å². The third-order valence-electron chi connectivity index (χ3n) is 2.84. The zero-order valence-corrected chi connectivity index (χ0v) is 9.36. The van der Waals surface area contributed by atoms with E-state index in [2.05, 4.69) is 5.32 Å². The molecule has 1 aliphatic rings. The maximum Gasteiger partial charge on any atom is 0.231 e. The number of nitrogens with one attached hydrogen (secondary N) is 1. The molecule has 0 saturated carbocycles. The smallest absolute Gasteiger partial charge is 0.231 e. The van der Waals surface area contributed by atoms with Gasteiger partial charge in [-0.3, -0.25) is 4.79 Å². The molecule has 2 N–H and O–H groups in total. The predicted octanol–water partition coefficient (Wildman–Crippen LogP) is 1.000. The molecule has 1 aromatic carbocycles. The molecule has 16 heavy (non-hydrogen) atoms. The van der Waals surface area contributed by atoms with E-state index in [0.29, 0.717) is 19.4 Å². The second kappa shape index (κ2) is 4.53. The minimum atomic E-state index is 0.119. The molecule has 1 heterocycles. The van der Waals surface area contributed by atoms with E-state index in [-0.39, 0.29) is 12.5 Å². The maximum atomic E-state index is 11.8. The minimum absolute atomic E-state index is 0.119. The molecule has 0 radical (unpaired) electrons. The largest absolute Gasteiger partial charge is 0.396 e. The second-order valence-corrected chi connectivity index (χ2v) is 3.89. The van der Waals surface area contributed by atoms with E-state index in [1.807, 2.05) is 25.2 Å². The van der Waals surface area contributed by atoms with Crippen LogP contribution in [0.2, 0.25) is 0 Å². The highest BCUT2D eigenvalue weighted by Gasteiger charge is 2.26. The zero-order valence-electron chi connectivity index (χ0n) is 9.36. The SMILES string of the molecule is CNc1ccc2c(c1)CC(=O)N2CCCO. The highest BCUT2D eigenvalue weighted by Crippen LogP contribution is 2.31. The molecular weight excluding hydrogens is 204 g/mol. The van der Waals surface area contributed by atoms with Crippen molar-refractivity contribution in [2.24, 2.45) is 0 Å². The number of anilines is 2. The molecule has 0 bridgehead atoms. The molecule has 0 aromatic heterocycles. The molecule has 1 aromatic rings. The Balaban J connectivity index is 2.24. The Bertz CT molecular complexity index is 404. The van der Waals surface area contributed by atoms with Crippen LogP contribution in [0, 0.1) is 0 Å². The summed E-state index contributed by atoms with van der Waals surface area (Å²) in [5.74, 6) is 0.122. The Kier molecular flexibility index (Phi) is 3.10. The molecule has 0 atom stereocenters.